The molecule has 0 saturated heterocycles. The van der Waals surface area contributed by atoms with E-state index in [2.05, 4.69) is 5.32 Å². The summed E-state index contributed by atoms with van der Waals surface area (Å²) in [6.45, 7) is 2.78. The normalized spacial score (nSPS) is 10.4. The smallest absolute Gasteiger partial charge is 0.345 e. The standard InChI is InChI=1S/C18H15I3N2O5/c1-8(24)22-16-13(19)12(14(20)17(15(16)21)23(3)9(2)25)18(27)28-11-6-4-10(26)5-7-11/h4-7,26H,1-3H3,(H,22,24). The summed E-state index contributed by atoms with van der Waals surface area (Å²) in [6.07, 6.45) is 0. The molecule has 10 heteroatoms. The second kappa shape index (κ2) is 9.56. The Labute approximate surface area is 202 Å². The second-order valence-corrected chi connectivity index (χ2v) is 8.92. The highest BCUT2D eigenvalue weighted by atomic mass is 127. The van der Waals surface area contributed by atoms with Crippen LogP contribution < -0.4 is 15.0 Å². The second-order valence-electron chi connectivity index (χ2n) is 5.68. The fourth-order valence-electron chi connectivity index (χ4n) is 2.24. The molecule has 0 unspecified atom stereocenters. The van der Waals surface area contributed by atoms with Crippen LogP contribution in [0.2, 0.25) is 0 Å². The van der Waals surface area contributed by atoms with Gasteiger partial charge in [0.25, 0.3) is 0 Å². The van der Waals surface area contributed by atoms with Gasteiger partial charge < -0.3 is 20.1 Å². The van der Waals surface area contributed by atoms with Gasteiger partial charge in [-0.05, 0) is 92.0 Å². The Balaban J connectivity index is 2.65. The third kappa shape index (κ3) is 5.06. The number of hydrogen-bond acceptors (Lipinski definition) is 5. The highest BCUT2D eigenvalue weighted by Crippen LogP contribution is 2.40. The Morgan fingerprint density at radius 3 is 2.07 bits per heavy atom. The predicted molar refractivity (Wildman–Crippen MR) is 131 cm³/mol. The number of nitrogens with zero attached hydrogens (tertiary/aromatic N) is 1. The number of aromatic hydroxyl groups is 1. The molecular weight excluding hydrogens is 705 g/mol. The molecule has 0 bridgehead atoms. The average Bonchev–Trinajstić information content (AvgIpc) is 2.60. The molecule has 0 heterocycles. The molecule has 0 aliphatic heterocycles. The van der Waals surface area contributed by atoms with E-state index < -0.39 is 5.97 Å². The molecule has 0 fully saturated rings. The van der Waals surface area contributed by atoms with Crippen molar-refractivity contribution in [3.05, 3.63) is 40.5 Å². The molecule has 0 spiro atoms. The molecule has 0 saturated carbocycles. The SMILES string of the molecule is CC(=O)Nc1c(I)c(C(=O)Oc2ccc(O)cc2)c(I)c(N(C)C(C)=O)c1I. The third-order valence-corrected chi connectivity index (χ3v) is 6.83. The van der Waals surface area contributed by atoms with Gasteiger partial charge in [0.05, 0.1) is 27.6 Å². The molecular formula is C18H15I3N2O5. The Morgan fingerprint density at radius 1 is 1.00 bits per heavy atom. The number of esters is 1. The van der Waals surface area contributed by atoms with Gasteiger partial charge in [-0.3, -0.25) is 9.59 Å². The van der Waals surface area contributed by atoms with E-state index in [9.17, 15) is 19.5 Å². The highest BCUT2D eigenvalue weighted by Gasteiger charge is 2.29. The van der Waals surface area contributed by atoms with E-state index in [4.69, 9.17) is 4.74 Å². The molecule has 2 aromatic carbocycles. The number of phenols is 1. The van der Waals surface area contributed by atoms with Crippen LogP contribution in [0.3, 0.4) is 0 Å². The van der Waals surface area contributed by atoms with Crippen LogP contribution in [0.5, 0.6) is 11.5 Å². The molecule has 0 radical (unpaired) electrons. The largest absolute Gasteiger partial charge is 0.508 e. The molecule has 0 aliphatic rings. The van der Waals surface area contributed by atoms with Crippen LogP contribution in [0.25, 0.3) is 0 Å². The summed E-state index contributed by atoms with van der Waals surface area (Å²) in [7, 11) is 1.60. The first-order valence-electron chi connectivity index (χ1n) is 7.78. The lowest BCUT2D eigenvalue weighted by molar-refractivity contribution is -0.116. The number of hydrogen-bond donors (Lipinski definition) is 2. The zero-order valence-electron chi connectivity index (χ0n) is 15.0. The fraction of sp³-hybridized carbons (Fsp3) is 0.167. The first-order chi connectivity index (χ1) is 13.0. The molecule has 0 aromatic heterocycles. The number of rotatable bonds is 4. The maximum Gasteiger partial charge on any atom is 0.345 e. The maximum absolute atomic E-state index is 12.9. The lowest BCUT2D eigenvalue weighted by Crippen LogP contribution is -2.27. The number of carbonyl (C=O) groups is 3. The molecule has 2 N–H and O–H groups in total. The Morgan fingerprint density at radius 2 is 1.57 bits per heavy atom. The average molecular weight is 720 g/mol. The van der Waals surface area contributed by atoms with Crippen LogP contribution in [0.1, 0.15) is 24.2 Å². The van der Waals surface area contributed by atoms with Gasteiger partial charge >= 0.3 is 5.97 Å². The number of carbonyl (C=O) groups excluding carboxylic acids is 3. The molecule has 7 nitrogen and oxygen atoms in total. The zero-order chi connectivity index (χ0) is 21.2. The van der Waals surface area contributed by atoms with Gasteiger partial charge in [-0.25, -0.2) is 4.79 Å². The minimum atomic E-state index is -0.638. The molecule has 0 aliphatic carbocycles. The number of amides is 2. The molecule has 0 atom stereocenters. The van der Waals surface area contributed by atoms with Crippen molar-refractivity contribution in [1.82, 2.24) is 0 Å². The first kappa shape index (κ1) is 23.1. The van der Waals surface area contributed by atoms with Crippen LogP contribution >= 0.6 is 67.8 Å². The zero-order valence-corrected chi connectivity index (χ0v) is 21.4. The summed E-state index contributed by atoms with van der Waals surface area (Å²) in [5.74, 6) is -0.845. The van der Waals surface area contributed by atoms with Crippen molar-refractivity contribution >= 4 is 96.9 Å². The number of halogens is 3. The Hall–Kier alpha value is -1.16. The minimum Gasteiger partial charge on any atom is -0.508 e. The minimum absolute atomic E-state index is 0.0524. The van der Waals surface area contributed by atoms with Gasteiger partial charge in [0.15, 0.2) is 0 Å². The monoisotopic (exact) mass is 720 g/mol. The summed E-state index contributed by atoms with van der Waals surface area (Å²) in [5, 5.41) is 12.1. The van der Waals surface area contributed by atoms with Crippen LogP contribution in [-0.2, 0) is 9.59 Å². The molecule has 2 aromatic rings. The van der Waals surface area contributed by atoms with Crippen molar-refractivity contribution in [3.63, 3.8) is 0 Å². The summed E-state index contributed by atoms with van der Waals surface area (Å²) in [4.78, 5) is 38.0. The summed E-state index contributed by atoms with van der Waals surface area (Å²) < 4.78 is 7.11. The lowest BCUT2D eigenvalue weighted by Gasteiger charge is -2.24. The van der Waals surface area contributed by atoms with Crippen LogP contribution in [0, 0.1) is 10.7 Å². The van der Waals surface area contributed by atoms with Crippen LogP contribution in [-0.4, -0.2) is 29.9 Å². The van der Waals surface area contributed by atoms with Gasteiger partial charge in [-0.15, -0.1) is 0 Å². The van der Waals surface area contributed by atoms with E-state index in [1.165, 1.54) is 43.0 Å². The van der Waals surface area contributed by atoms with Crippen molar-refractivity contribution in [2.24, 2.45) is 0 Å². The van der Waals surface area contributed by atoms with E-state index >= 15 is 0 Å². The van der Waals surface area contributed by atoms with E-state index in [-0.39, 0.29) is 28.9 Å². The first-order valence-corrected chi connectivity index (χ1v) is 11.0. The highest BCUT2D eigenvalue weighted by molar-refractivity contribution is 14.1. The van der Waals surface area contributed by atoms with Crippen LogP contribution in [0.4, 0.5) is 11.4 Å². The lowest BCUT2D eigenvalue weighted by atomic mass is 10.1. The van der Waals surface area contributed by atoms with Crippen molar-refractivity contribution in [2.45, 2.75) is 13.8 Å². The van der Waals surface area contributed by atoms with Crippen molar-refractivity contribution in [1.29, 1.82) is 0 Å². The van der Waals surface area contributed by atoms with Gasteiger partial charge in [-0.2, -0.15) is 0 Å². The summed E-state index contributed by atoms with van der Waals surface area (Å²) in [5.41, 5.74) is 1.19. The molecule has 148 valence electrons. The van der Waals surface area contributed by atoms with Crippen molar-refractivity contribution < 1.29 is 24.2 Å². The van der Waals surface area contributed by atoms with E-state index in [0.29, 0.717) is 22.1 Å². The maximum atomic E-state index is 12.9. The molecule has 2 amide bonds. The Bertz CT molecular complexity index is 961. The number of phenolic OH excluding ortho intramolecular Hbond substituents is 1. The number of anilines is 2. The predicted octanol–water partition coefficient (Wildman–Crippen LogP) is 4.37. The topological polar surface area (TPSA) is 95.9 Å². The van der Waals surface area contributed by atoms with Crippen LogP contribution in [0.15, 0.2) is 24.3 Å². The van der Waals surface area contributed by atoms with Gasteiger partial charge in [-0.1, -0.05) is 0 Å². The van der Waals surface area contributed by atoms with E-state index in [1.807, 2.05) is 67.8 Å². The van der Waals surface area contributed by atoms with Crippen molar-refractivity contribution in [3.8, 4) is 11.5 Å². The number of benzene rings is 2. The third-order valence-electron chi connectivity index (χ3n) is 3.65. The van der Waals surface area contributed by atoms with Gasteiger partial charge in [0.2, 0.25) is 11.8 Å². The van der Waals surface area contributed by atoms with E-state index in [1.54, 1.807) is 7.05 Å². The van der Waals surface area contributed by atoms with E-state index in [0.717, 1.165) is 0 Å². The number of nitrogens with one attached hydrogen (secondary N) is 1. The van der Waals surface area contributed by atoms with Crippen molar-refractivity contribution in [2.75, 3.05) is 17.3 Å². The van der Waals surface area contributed by atoms with Gasteiger partial charge in [0, 0.05) is 20.9 Å². The summed E-state index contributed by atoms with van der Waals surface area (Å²) in [6, 6.07) is 5.75. The quantitative estimate of drug-likeness (QED) is 0.278. The number of ether oxygens (including phenoxy) is 1. The molecule has 28 heavy (non-hydrogen) atoms. The molecule has 2 rings (SSSR count). The fourth-order valence-corrected chi connectivity index (χ4v) is 6.84. The van der Waals surface area contributed by atoms with Gasteiger partial charge in [0.1, 0.15) is 11.5 Å². The Kier molecular flexibility index (Phi) is 7.89. The summed E-state index contributed by atoms with van der Waals surface area (Å²) >= 11 is 6.02.